The van der Waals surface area contributed by atoms with E-state index in [2.05, 4.69) is 40.7 Å². The number of ether oxygens (including phenoxy) is 6. The molecule has 8 rings (SSSR count). The maximum Gasteiger partial charge on any atom is 0.315 e. The molecule has 18 heteroatoms. The first-order valence-corrected chi connectivity index (χ1v) is 23.9. The number of esters is 1. The van der Waals surface area contributed by atoms with Crippen molar-refractivity contribution in [1.29, 1.82) is 0 Å². The summed E-state index contributed by atoms with van der Waals surface area (Å²) in [7, 11) is 0. The Kier molecular flexibility index (Phi) is 13.4. The average molecular weight is 929 g/mol. The molecule has 0 amide bonds. The van der Waals surface area contributed by atoms with Gasteiger partial charge in [-0.3, -0.25) is 4.79 Å². The first-order chi connectivity index (χ1) is 30.3. The number of carbonyl (C=O) groups excluding carboxylic acids is 1. The van der Waals surface area contributed by atoms with Gasteiger partial charge in [0.2, 0.25) is 6.29 Å². The van der Waals surface area contributed by atoms with Crippen LogP contribution in [-0.4, -0.2) is 180 Å². The zero-order valence-corrected chi connectivity index (χ0v) is 38.8. The van der Waals surface area contributed by atoms with Crippen LogP contribution >= 0.6 is 0 Å². The van der Waals surface area contributed by atoms with Gasteiger partial charge in [0.1, 0.15) is 67.1 Å². The molecule has 372 valence electrons. The molecule has 7 fully saturated rings. The monoisotopic (exact) mass is 929 g/mol. The molecule has 0 spiro atoms. The summed E-state index contributed by atoms with van der Waals surface area (Å²) < 4.78 is 35.2. The molecule has 5 aliphatic carbocycles. The van der Waals surface area contributed by atoms with Crippen molar-refractivity contribution >= 4 is 5.97 Å². The zero-order chi connectivity index (χ0) is 47.6. The molecule has 24 atom stereocenters. The Labute approximate surface area is 380 Å². The van der Waals surface area contributed by atoms with E-state index in [9.17, 15) is 56.2 Å². The van der Waals surface area contributed by atoms with E-state index in [-0.39, 0.29) is 46.7 Å². The largest absolute Gasteiger partial charge is 0.432 e. The van der Waals surface area contributed by atoms with Crippen LogP contribution in [0.2, 0.25) is 0 Å². The van der Waals surface area contributed by atoms with Crippen molar-refractivity contribution in [2.75, 3.05) is 19.8 Å². The van der Waals surface area contributed by atoms with Crippen molar-refractivity contribution in [2.24, 2.45) is 50.7 Å². The van der Waals surface area contributed by atoms with Gasteiger partial charge in [-0.05, 0) is 104 Å². The third kappa shape index (κ3) is 7.62. The van der Waals surface area contributed by atoms with Gasteiger partial charge in [0.25, 0.3) is 0 Å². The van der Waals surface area contributed by atoms with E-state index >= 15 is 4.79 Å². The Hall–Kier alpha value is -1.43. The molecular weight excluding hydrogens is 852 g/mol. The third-order valence-corrected chi connectivity index (χ3v) is 19.3. The van der Waals surface area contributed by atoms with Crippen LogP contribution in [0.4, 0.5) is 0 Å². The molecule has 0 aromatic rings. The molecule has 0 unspecified atom stereocenters. The molecule has 0 bridgehead atoms. The summed E-state index contributed by atoms with van der Waals surface area (Å²) in [5.74, 6) is -1.07. The van der Waals surface area contributed by atoms with Crippen LogP contribution < -0.4 is 0 Å². The van der Waals surface area contributed by atoms with E-state index in [1.54, 1.807) is 6.92 Å². The number of allylic oxidation sites excluding steroid dienone is 1. The zero-order valence-electron chi connectivity index (χ0n) is 38.8. The fraction of sp³-hybridized carbons (Fsp3) is 0.936. The second-order valence-corrected chi connectivity index (χ2v) is 22.7. The topological polar surface area (TPSA) is 295 Å². The van der Waals surface area contributed by atoms with Crippen LogP contribution in [0.25, 0.3) is 0 Å². The van der Waals surface area contributed by atoms with Crippen LogP contribution in [0, 0.1) is 50.7 Å². The van der Waals surface area contributed by atoms with Crippen LogP contribution in [0.1, 0.15) is 106 Å². The normalized spacial score (nSPS) is 55.4. The lowest BCUT2D eigenvalue weighted by Gasteiger charge is -2.72. The van der Waals surface area contributed by atoms with E-state index in [0.717, 1.165) is 31.3 Å². The summed E-state index contributed by atoms with van der Waals surface area (Å²) in [6.45, 7) is 13.9. The van der Waals surface area contributed by atoms with Gasteiger partial charge in [-0.25, -0.2) is 0 Å². The van der Waals surface area contributed by atoms with Gasteiger partial charge < -0.3 is 84.6 Å². The van der Waals surface area contributed by atoms with Gasteiger partial charge in [-0.2, -0.15) is 0 Å². The summed E-state index contributed by atoms with van der Waals surface area (Å²) in [4.78, 5) is 15.0. The Bertz CT molecular complexity index is 1780. The quantitative estimate of drug-likeness (QED) is 0.0850. The molecule has 11 N–H and O–H groups in total. The maximum atomic E-state index is 15.0. The number of aliphatic hydroxyl groups is 11. The summed E-state index contributed by atoms with van der Waals surface area (Å²) in [6, 6.07) is 0. The van der Waals surface area contributed by atoms with Crippen molar-refractivity contribution in [3.05, 3.63) is 11.6 Å². The van der Waals surface area contributed by atoms with Gasteiger partial charge in [0.15, 0.2) is 12.6 Å². The fourth-order valence-electron chi connectivity index (χ4n) is 14.9. The molecule has 4 saturated carbocycles. The van der Waals surface area contributed by atoms with Gasteiger partial charge in [0, 0.05) is 5.92 Å². The van der Waals surface area contributed by atoms with Crippen molar-refractivity contribution in [1.82, 2.24) is 0 Å². The lowest BCUT2D eigenvalue weighted by atomic mass is 9.33. The number of carbonyl (C=O) groups is 1. The van der Waals surface area contributed by atoms with Crippen molar-refractivity contribution in [3.8, 4) is 0 Å². The summed E-state index contributed by atoms with van der Waals surface area (Å²) in [5.41, 5.74) is -2.67. The second kappa shape index (κ2) is 17.5. The molecular formula is C47H76O18. The summed E-state index contributed by atoms with van der Waals surface area (Å²) >= 11 is 0. The number of fused-ring (bicyclic) bond motifs is 7. The minimum atomic E-state index is -1.86. The Morgan fingerprint density at radius 1 is 0.708 bits per heavy atom. The molecule has 3 heterocycles. The smallest absolute Gasteiger partial charge is 0.315 e. The lowest BCUT2D eigenvalue weighted by Crippen LogP contribution is -2.68. The minimum absolute atomic E-state index is 0.123. The predicted molar refractivity (Wildman–Crippen MR) is 226 cm³/mol. The molecule has 3 saturated heterocycles. The highest BCUT2D eigenvalue weighted by molar-refractivity contribution is 5.79. The van der Waals surface area contributed by atoms with E-state index in [1.807, 2.05) is 6.92 Å². The summed E-state index contributed by atoms with van der Waals surface area (Å²) in [6.07, 6.45) is -13.6. The number of aliphatic hydroxyl groups excluding tert-OH is 10. The van der Waals surface area contributed by atoms with Crippen molar-refractivity contribution in [3.63, 3.8) is 0 Å². The standard InChI is InChI=1S/C47H76O18/c1-21-10-15-47(41(58)65-40-36(57)33(54)31(52)25(63-40)20-61-38-35(56)32(53)30(51)24(18-48)62-38)17-16-44(5)22(37(47)46(21,7)59)8-9-27-43(4)13-12-28(42(2,3)26(43)11-14-45(27,44)6)64-39-34(55)29(50)23(49)19-60-39/h8,21,23-40,48-57,59H,9-20H2,1-7H3/t21-,23-,24-,25-,26+,27-,28+,29+,30-,31-,32-,33+,34-,35-,36-,37+,38-,39+,40+,43+,44-,45-,46-,47+/m1/s1. The summed E-state index contributed by atoms with van der Waals surface area (Å²) in [5, 5.41) is 117. The van der Waals surface area contributed by atoms with E-state index in [1.165, 1.54) is 0 Å². The Morgan fingerprint density at radius 2 is 1.34 bits per heavy atom. The van der Waals surface area contributed by atoms with Crippen molar-refractivity contribution in [2.45, 2.75) is 204 Å². The van der Waals surface area contributed by atoms with Gasteiger partial charge >= 0.3 is 5.97 Å². The molecule has 0 aromatic heterocycles. The van der Waals surface area contributed by atoms with E-state index < -0.39 is 128 Å². The highest BCUT2D eigenvalue weighted by Gasteiger charge is 2.72. The van der Waals surface area contributed by atoms with E-state index in [4.69, 9.17) is 28.4 Å². The van der Waals surface area contributed by atoms with Gasteiger partial charge in [-0.15, -0.1) is 0 Å². The Morgan fingerprint density at radius 3 is 2.02 bits per heavy atom. The lowest BCUT2D eigenvalue weighted by molar-refractivity contribution is -0.329. The second-order valence-electron chi connectivity index (χ2n) is 22.7. The van der Waals surface area contributed by atoms with Crippen LogP contribution in [0.15, 0.2) is 11.6 Å². The first-order valence-electron chi connectivity index (χ1n) is 23.9. The number of rotatable bonds is 8. The first kappa shape index (κ1) is 50.0. The third-order valence-electron chi connectivity index (χ3n) is 19.3. The van der Waals surface area contributed by atoms with Crippen LogP contribution in [-0.2, 0) is 33.2 Å². The number of hydrogen-bond donors (Lipinski definition) is 11. The van der Waals surface area contributed by atoms with Gasteiger partial charge in [-0.1, -0.05) is 53.2 Å². The number of hydrogen-bond acceptors (Lipinski definition) is 18. The molecule has 3 aliphatic heterocycles. The molecule has 65 heavy (non-hydrogen) atoms. The SMILES string of the molecule is C[C@@H]1CC[C@]2(C(=O)O[C@@H]3O[C@H](CO[C@@H]4O[C@H](CO)[C@@H](O)[C@@H](O)[C@H]4O)[C@@H](O)[C@H](O)[C@H]3O)CC[C@]3(C)C(=CC[C@@H]4[C@@]5(C)CC[C@H](O[C@@H]6OC[C@@H](O)[C@H](O)[C@H]6O)C(C)(C)[C@@H]5CC[C@]43C)[C@H]2[C@]1(C)O. The van der Waals surface area contributed by atoms with Gasteiger partial charge in [0.05, 0.1) is 36.9 Å². The maximum absolute atomic E-state index is 15.0. The predicted octanol–water partition coefficient (Wildman–Crippen LogP) is -0.250. The molecule has 18 nitrogen and oxygen atoms in total. The van der Waals surface area contributed by atoms with Crippen LogP contribution in [0.3, 0.4) is 0 Å². The minimum Gasteiger partial charge on any atom is -0.432 e. The molecule has 8 aliphatic rings. The van der Waals surface area contributed by atoms with Crippen LogP contribution in [0.5, 0.6) is 0 Å². The highest BCUT2D eigenvalue weighted by atomic mass is 16.7. The highest BCUT2D eigenvalue weighted by Crippen LogP contribution is 2.76. The van der Waals surface area contributed by atoms with Crippen molar-refractivity contribution < 1.29 is 89.4 Å². The molecule has 0 aromatic carbocycles. The average Bonchev–Trinajstić information content (AvgIpc) is 3.25. The molecule has 0 radical (unpaired) electrons. The fourth-order valence-corrected chi connectivity index (χ4v) is 14.9. The Balaban J connectivity index is 1.03. The van der Waals surface area contributed by atoms with E-state index in [0.29, 0.717) is 32.1 Å².